The highest BCUT2D eigenvalue weighted by Gasteiger charge is 2.21. The zero-order chi connectivity index (χ0) is 14.3. The van der Waals surface area contributed by atoms with Crippen molar-refractivity contribution in [1.29, 1.82) is 0 Å². The SMILES string of the molecule is CCNCC1CCN(CC(=O)NC(C)C(C)C)CC1.Cl. The van der Waals surface area contributed by atoms with Gasteiger partial charge in [-0.2, -0.15) is 0 Å². The summed E-state index contributed by atoms with van der Waals surface area (Å²) in [5, 5.41) is 6.49. The zero-order valence-corrected chi connectivity index (χ0v) is 14.3. The third-order valence-corrected chi connectivity index (χ3v) is 4.15. The molecule has 1 atom stereocenters. The van der Waals surface area contributed by atoms with Gasteiger partial charge in [-0.15, -0.1) is 12.4 Å². The third kappa shape index (κ3) is 7.46. The molecular formula is C15H32ClN3O. The molecule has 1 saturated heterocycles. The number of hydrogen-bond donors (Lipinski definition) is 2. The van der Waals surface area contributed by atoms with Gasteiger partial charge in [0.1, 0.15) is 0 Å². The van der Waals surface area contributed by atoms with Crippen LogP contribution < -0.4 is 10.6 Å². The lowest BCUT2D eigenvalue weighted by Crippen LogP contribution is -2.45. The Morgan fingerprint density at radius 2 is 1.85 bits per heavy atom. The quantitative estimate of drug-likeness (QED) is 0.755. The van der Waals surface area contributed by atoms with Gasteiger partial charge in [-0.1, -0.05) is 20.8 Å². The Labute approximate surface area is 130 Å². The molecule has 0 aromatic heterocycles. The third-order valence-electron chi connectivity index (χ3n) is 4.15. The molecule has 120 valence electrons. The molecule has 1 fully saturated rings. The van der Waals surface area contributed by atoms with Gasteiger partial charge in [0.15, 0.2) is 0 Å². The lowest BCUT2D eigenvalue weighted by atomic mass is 9.97. The first-order valence-corrected chi connectivity index (χ1v) is 7.75. The molecular weight excluding hydrogens is 274 g/mol. The first kappa shape index (κ1) is 19.7. The van der Waals surface area contributed by atoms with E-state index in [1.54, 1.807) is 0 Å². The van der Waals surface area contributed by atoms with Crippen molar-refractivity contribution in [1.82, 2.24) is 15.5 Å². The molecule has 4 nitrogen and oxygen atoms in total. The molecule has 1 aliphatic rings. The highest BCUT2D eigenvalue weighted by atomic mass is 35.5. The predicted octanol–water partition coefficient (Wildman–Crippen LogP) is 1.89. The number of amides is 1. The van der Waals surface area contributed by atoms with Crippen LogP contribution in [-0.4, -0.2) is 49.6 Å². The Hall–Kier alpha value is -0.320. The zero-order valence-electron chi connectivity index (χ0n) is 13.4. The number of halogens is 1. The van der Waals surface area contributed by atoms with Gasteiger partial charge in [0.25, 0.3) is 0 Å². The van der Waals surface area contributed by atoms with Crippen LogP contribution in [0.15, 0.2) is 0 Å². The Bertz CT molecular complexity index is 266. The smallest absolute Gasteiger partial charge is 0.234 e. The molecule has 0 aromatic rings. The van der Waals surface area contributed by atoms with E-state index >= 15 is 0 Å². The maximum Gasteiger partial charge on any atom is 0.234 e. The van der Waals surface area contributed by atoms with Crippen LogP contribution in [0.25, 0.3) is 0 Å². The fourth-order valence-corrected chi connectivity index (χ4v) is 2.37. The highest BCUT2D eigenvalue weighted by molar-refractivity contribution is 5.85. The largest absolute Gasteiger partial charge is 0.352 e. The van der Waals surface area contributed by atoms with E-state index in [9.17, 15) is 4.79 Å². The molecule has 1 unspecified atom stereocenters. The standard InChI is InChI=1S/C15H31N3O.ClH/c1-5-16-10-14-6-8-18(9-7-14)11-15(19)17-13(4)12(2)3;/h12-14,16H,5-11H2,1-4H3,(H,17,19);1H. The fraction of sp³-hybridized carbons (Fsp3) is 0.933. The summed E-state index contributed by atoms with van der Waals surface area (Å²) in [5.74, 6) is 1.45. The number of nitrogens with zero attached hydrogens (tertiary/aromatic N) is 1. The fourth-order valence-electron chi connectivity index (χ4n) is 2.37. The van der Waals surface area contributed by atoms with Crippen LogP contribution in [0, 0.1) is 11.8 Å². The predicted molar refractivity (Wildman–Crippen MR) is 87.4 cm³/mol. The molecule has 1 aliphatic heterocycles. The van der Waals surface area contributed by atoms with E-state index in [2.05, 4.69) is 43.2 Å². The summed E-state index contributed by atoms with van der Waals surface area (Å²) >= 11 is 0. The van der Waals surface area contributed by atoms with Crippen molar-refractivity contribution in [2.45, 2.75) is 46.6 Å². The number of carbonyl (C=O) groups excluding carboxylic acids is 1. The van der Waals surface area contributed by atoms with E-state index in [1.165, 1.54) is 12.8 Å². The summed E-state index contributed by atoms with van der Waals surface area (Å²) < 4.78 is 0. The minimum Gasteiger partial charge on any atom is -0.352 e. The maximum atomic E-state index is 11.9. The van der Waals surface area contributed by atoms with Crippen molar-refractivity contribution in [3.05, 3.63) is 0 Å². The topological polar surface area (TPSA) is 44.4 Å². The van der Waals surface area contributed by atoms with Crippen molar-refractivity contribution in [3.8, 4) is 0 Å². The Morgan fingerprint density at radius 1 is 1.25 bits per heavy atom. The second-order valence-corrected chi connectivity index (χ2v) is 6.13. The van der Waals surface area contributed by atoms with Gasteiger partial charge < -0.3 is 10.6 Å². The van der Waals surface area contributed by atoms with E-state index < -0.39 is 0 Å². The Morgan fingerprint density at radius 3 is 2.35 bits per heavy atom. The summed E-state index contributed by atoms with van der Waals surface area (Å²) in [7, 11) is 0. The molecule has 0 aromatic carbocycles. The van der Waals surface area contributed by atoms with Gasteiger partial charge in [0.05, 0.1) is 6.54 Å². The molecule has 1 rings (SSSR count). The first-order chi connectivity index (χ1) is 9.02. The van der Waals surface area contributed by atoms with Crippen molar-refractivity contribution in [2.75, 3.05) is 32.7 Å². The summed E-state index contributed by atoms with van der Waals surface area (Å²) in [4.78, 5) is 14.2. The normalized spacial score (nSPS) is 18.6. The molecule has 0 saturated carbocycles. The van der Waals surface area contributed by atoms with Crippen LogP contribution in [0.4, 0.5) is 0 Å². The average molecular weight is 306 g/mol. The molecule has 0 bridgehead atoms. The molecule has 20 heavy (non-hydrogen) atoms. The van der Waals surface area contributed by atoms with Gasteiger partial charge in [0.2, 0.25) is 5.91 Å². The molecule has 0 aliphatic carbocycles. The lowest BCUT2D eigenvalue weighted by Gasteiger charge is -2.32. The van der Waals surface area contributed by atoms with Crippen LogP contribution in [0.2, 0.25) is 0 Å². The van der Waals surface area contributed by atoms with E-state index in [0.717, 1.165) is 32.1 Å². The number of hydrogen-bond acceptors (Lipinski definition) is 3. The molecule has 2 N–H and O–H groups in total. The van der Waals surface area contributed by atoms with Gasteiger partial charge >= 0.3 is 0 Å². The second-order valence-electron chi connectivity index (χ2n) is 6.13. The van der Waals surface area contributed by atoms with Crippen LogP contribution in [0.5, 0.6) is 0 Å². The minimum atomic E-state index is 0. The lowest BCUT2D eigenvalue weighted by molar-refractivity contribution is -0.123. The number of likely N-dealkylation sites (tertiary alicyclic amines) is 1. The molecule has 0 radical (unpaired) electrons. The number of nitrogens with one attached hydrogen (secondary N) is 2. The van der Waals surface area contributed by atoms with Crippen molar-refractivity contribution in [2.24, 2.45) is 11.8 Å². The maximum absolute atomic E-state index is 11.9. The van der Waals surface area contributed by atoms with Crippen molar-refractivity contribution in [3.63, 3.8) is 0 Å². The van der Waals surface area contributed by atoms with E-state index in [-0.39, 0.29) is 24.4 Å². The van der Waals surface area contributed by atoms with Crippen molar-refractivity contribution >= 4 is 18.3 Å². The van der Waals surface area contributed by atoms with Gasteiger partial charge in [-0.25, -0.2) is 0 Å². The van der Waals surface area contributed by atoms with Gasteiger partial charge in [-0.3, -0.25) is 9.69 Å². The van der Waals surface area contributed by atoms with Crippen LogP contribution in [-0.2, 0) is 4.79 Å². The summed E-state index contributed by atoms with van der Waals surface area (Å²) in [5.41, 5.74) is 0. The Kier molecular flexibility index (Phi) is 10.2. The molecule has 1 heterocycles. The van der Waals surface area contributed by atoms with Crippen molar-refractivity contribution < 1.29 is 4.79 Å². The Balaban J connectivity index is 0.00000361. The molecule has 1 amide bonds. The van der Waals surface area contributed by atoms with Crippen LogP contribution in [0.1, 0.15) is 40.5 Å². The number of piperidine rings is 1. The van der Waals surface area contributed by atoms with Crippen LogP contribution >= 0.6 is 12.4 Å². The molecule has 5 heteroatoms. The van der Waals surface area contributed by atoms with Gasteiger partial charge in [-0.05, 0) is 57.8 Å². The van der Waals surface area contributed by atoms with E-state index in [4.69, 9.17) is 0 Å². The molecule has 0 spiro atoms. The highest BCUT2D eigenvalue weighted by Crippen LogP contribution is 2.15. The van der Waals surface area contributed by atoms with E-state index in [1.807, 2.05) is 0 Å². The van der Waals surface area contributed by atoms with Gasteiger partial charge in [0, 0.05) is 6.04 Å². The summed E-state index contributed by atoms with van der Waals surface area (Å²) in [6, 6.07) is 0.263. The average Bonchev–Trinajstić information content (AvgIpc) is 2.37. The minimum absolute atomic E-state index is 0. The number of carbonyl (C=O) groups is 1. The second kappa shape index (κ2) is 10.4. The first-order valence-electron chi connectivity index (χ1n) is 7.75. The van der Waals surface area contributed by atoms with E-state index in [0.29, 0.717) is 12.5 Å². The summed E-state index contributed by atoms with van der Waals surface area (Å²) in [6.07, 6.45) is 2.42. The summed E-state index contributed by atoms with van der Waals surface area (Å²) in [6.45, 7) is 13.3. The monoisotopic (exact) mass is 305 g/mol. The van der Waals surface area contributed by atoms with Crippen LogP contribution in [0.3, 0.4) is 0 Å². The number of rotatable bonds is 7.